The van der Waals surface area contributed by atoms with E-state index < -0.39 is 0 Å². The lowest BCUT2D eigenvalue weighted by atomic mass is 9.95. The number of nitrogens with one attached hydrogen (secondary N) is 1. The number of carbonyl (C=O) groups is 1. The summed E-state index contributed by atoms with van der Waals surface area (Å²) in [6.07, 6.45) is 4.65. The first-order valence-electron chi connectivity index (χ1n) is 9.13. The third-order valence-corrected chi connectivity index (χ3v) is 5.78. The molecule has 1 aromatic rings. The number of nitrogens with two attached hydrogens (primary N) is 1. The molecule has 3 N–H and O–H groups in total. The third-order valence-electron chi connectivity index (χ3n) is 4.56. The summed E-state index contributed by atoms with van der Waals surface area (Å²) in [6, 6.07) is 7.98. The minimum absolute atomic E-state index is 0. The Kier molecular flexibility index (Phi) is 11.5. The van der Waals surface area contributed by atoms with Gasteiger partial charge in [-0.15, -0.1) is 24.0 Å². The first-order chi connectivity index (χ1) is 12.5. The Morgan fingerprint density at radius 3 is 2.93 bits per heavy atom. The van der Waals surface area contributed by atoms with E-state index in [0.717, 1.165) is 43.5 Å². The molecular formula is C19H30ClIN4OS. The molecule has 8 heteroatoms. The number of thioether (sulfide) groups is 1. The second-order valence-electron chi connectivity index (χ2n) is 6.60. The van der Waals surface area contributed by atoms with Crippen LogP contribution in [0.3, 0.4) is 0 Å². The molecule has 1 heterocycles. The van der Waals surface area contributed by atoms with Crippen LogP contribution < -0.4 is 11.1 Å². The number of benzene rings is 1. The van der Waals surface area contributed by atoms with E-state index in [1.165, 1.54) is 5.56 Å². The van der Waals surface area contributed by atoms with Crippen molar-refractivity contribution >= 4 is 59.2 Å². The molecule has 1 aromatic carbocycles. The van der Waals surface area contributed by atoms with Crippen molar-refractivity contribution in [2.24, 2.45) is 16.6 Å². The molecule has 1 aliphatic rings. The Hall–Kier alpha value is -0.670. The Morgan fingerprint density at radius 2 is 2.30 bits per heavy atom. The zero-order valence-corrected chi connectivity index (χ0v) is 19.9. The van der Waals surface area contributed by atoms with Crippen LogP contribution >= 0.6 is 47.3 Å². The number of piperidine rings is 1. The molecular weight excluding hydrogens is 495 g/mol. The molecule has 5 nitrogen and oxygen atoms in total. The second-order valence-corrected chi connectivity index (χ2v) is 8.08. The Labute approximate surface area is 188 Å². The van der Waals surface area contributed by atoms with Crippen molar-refractivity contribution in [3.63, 3.8) is 0 Å². The summed E-state index contributed by atoms with van der Waals surface area (Å²) in [5, 5.41) is 4.40. The van der Waals surface area contributed by atoms with Gasteiger partial charge in [-0.1, -0.05) is 23.7 Å². The lowest BCUT2D eigenvalue weighted by molar-refractivity contribution is -0.119. The molecule has 0 aliphatic carbocycles. The van der Waals surface area contributed by atoms with Crippen LogP contribution in [0.5, 0.6) is 0 Å². The quantitative estimate of drug-likeness (QED) is 0.322. The maximum Gasteiger partial charge on any atom is 0.217 e. The van der Waals surface area contributed by atoms with Gasteiger partial charge in [0, 0.05) is 36.3 Å². The number of nitrogens with zero attached hydrogens (tertiary/aromatic N) is 2. The highest BCUT2D eigenvalue weighted by molar-refractivity contribution is 14.0. The van der Waals surface area contributed by atoms with E-state index in [4.69, 9.17) is 22.3 Å². The van der Waals surface area contributed by atoms with Gasteiger partial charge in [0.05, 0.1) is 6.54 Å². The Balaban J connectivity index is 0.00000364. The topological polar surface area (TPSA) is 70.7 Å². The smallest absolute Gasteiger partial charge is 0.217 e. The van der Waals surface area contributed by atoms with E-state index in [1.807, 2.05) is 18.2 Å². The number of aliphatic imine (C=N–C) groups is 1. The highest BCUT2D eigenvalue weighted by atomic mass is 127. The number of halogens is 2. The maximum atomic E-state index is 11.3. The fourth-order valence-corrected chi connectivity index (χ4v) is 4.17. The van der Waals surface area contributed by atoms with Gasteiger partial charge in [0.15, 0.2) is 5.96 Å². The van der Waals surface area contributed by atoms with Gasteiger partial charge in [0.1, 0.15) is 0 Å². The van der Waals surface area contributed by atoms with Gasteiger partial charge in [-0.05, 0) is 49.6 Å². The van der Waals surface area contributed by atoms with Crippen LogP contribution in [0.4, 0.5) is 0 Å². The van der Waals surface area contributed by atoms with Gasteiger partial charge in [-0.25, -0.2) is 0 Å². The number of rotatable bonds is 7. The van der Waals surface area contributed by atoms with Gasteiger partial charge in [-0.3, -0.25) is 9.79 Å². The summed E-state index contributed by atoms with van der Waals surface area (Å²) < 4.78 is 0. The van der Waals surface area contributed by atoms with Crippen LogP contribution in [-0.2, 0) is 4.79 Å². The number of likely N-dealkylation sites (tertiary alicyclic amines) is 1. The van der Waals surface area contributed by atoms with Crippen LogP contribution in [-0.4, -0.2) is 49.2 Å². The lowest BCUT2D eigenvalue weighted by Crippen LogP contribution is -2.47. The van der Waals surface area contributed by atoms with Crippen molar-refractivity contribution < 1.29 is 4.79 Å². The Bertz CT molecular complexity index is 631. The number of hydrogen-bond donors (Lipinski definition) is 2. The number of carbonyl (C=O) groups excluding carboxylic acids is 1. The van der Waals surface area contributed by atoms with Crippen LogP contribution in [0, 0.1) is 5.92 Å². The van der Waals surface area contributed by atoms with Crippen molar-refractivity contribution in [2.75, 3.05) is 32.4 Å². The van der Waals surface area contributed by atoms with Crippen molar-refractivity contribution in [1.29, 1.82) is 0 Å². The molecule has 2 unspecified atom stereocenters. The van der Waals surface area contributed by atoms with Crippen molar-refractivity contribution in [3.05, 3.63) is 34.9 Å². The maximum absolute atomic E-state index is 11.3. The van der Waals surface area contributed by atoms with E-state index in [-0.39, 0.29) is 35.1 Å². The molecule has 1 amide bonds. The lowest BCUT2D eigenvalue weighted by Gasteiger charge is -2.34. The first kappa shape index (κ1) is 24.4. The van der Waals surface area contributed by atoms with E-state index in [0.29, 0.717) is 18.9 Å². The number of primary amides is 1. The molecule has 1 fully saturated rings. The predicted octanol–water partition coefficient (Wildman–Crippen LogP) is 3.92. The van der Waals surface area contributed by atoms with Crippen molar-refractivity contribution in [2.45, 2.75) is 31.4 Å². The van der Waals surface area contributed by atoms with Gasteiger partial charge in [-0.2, -0.15) is 11.8 Å². The van der Waals surface area contributed by atoms with Gasteiger partial charge >= 0.3 is 0 Å². The van der Waals surface area contributed by atoms with Crippen molar-refractivity contribution in [1.82, 2.24) is 10.2 Å². The summed E-state index contributed by atoms with van der Waals surface area (Å²) >= 11 is 7.91. The van der Waals surface area contributed by atoms with Crippen molar-refractivity contribution in [3.8, 4) is 0 Å². The van der Waals surface area contributed by atoms with Gasteiger partial charge in [0.25, 0.3) is 0 Å². The normalized spacial score (nSPS) is 18.6. The summed E-state index contributed by atoms with van der Waals surface area (Å²) in [7, 11) is 0. The van der Waals surface area contributed by atoms with Crippen LogP contribution in [0.15, 0.2) is 29.3 Å². The van der Waals surface area contributed by atoms with E-state index in [9.17, 15) is 4.79 Å². The zero-order valence-electron chi connectivity index (χ0n) is 16.0. The number of amides is 1. The SMILES string of the molecule is CCNC(=NCC(SC)c1cccc(Cl)c1)N1CCCC(CC(N)=O)C1.I. The van der Waals surface area contributed by atoms with Gasteiger partial charge in [0.2, 0.25) is 5.91 Å². The molecule has 0 bridgehead atoms. The molecule has 2 rings (SSSR count). The Morgan fingerprint density at radius 1 is 1.52 bits per heavy atom. The molecule has 1 aliphatic heterocycles. The minimum atomic E-state index is -0.220. The average Bonchev–Trinajstić information content (AvgIpc) is 2.61. The summed E-state index contributed by atoms with van der Waals surface area (Å²) in [6.45, 7) is 5.36. The molecule has 27 heavy (non-hydrogen) atoms. The van der Waals surface area contributed by atoms with E-state index >= 15 is 0 Å². The third kappa shape index (κ3) is 8.07. The molecule has 0 spiro atoms. The highest BCUT2D eigenvalue weighted by Crippen LogP contribution is 2.29. The molecule has 0 radical (unpaired) electrons. The van der Waals surface area contributed by atoms with E-state index in [1.54, 1.807) is 11.8 Å². The highest BCUT2D eigenvalue weighted by Gasteiger charge is 2.23. The fraction of sp³-hybridized carbons (Fsp3) is 0.579. The van der Waals surface area contributed by atoms with E-state index in [2.05, 4.69) is 29.5 Å². The average molecular weight is 525 g/mol. The number of hydrogen-bond acceptors (Lipinski definition) is 3. The summed E-state index contributed by atoms with van der Waals surface area (Å²) in [5.74, 6) is 1.01. The molecule has 152 valence electrons. The molecule has 1 saturated heterocycles. The number of guanidine groups is 1. The minimum Gasteiger partial charge on any atom is -0.370 e. The fourth-order valence-electron chi connectivity index (χ4n) is 3.33. The molecule has 2 atom stereocenters. The van der Waals surface area contributed by atoms with Crippen LogP contribution in [0.1, 0.15) is 37.0 Å². The molecule has 0 saturated carbocycles. The van der Waals surface area contributed by atoms with Gasteiger partial charge < -0.3 is 16.0 Å². The zero-order chi connectivity index (χ0) is 18.9. The standard InChI is InChI=1S/C19H29ClN4OS.HI/c1-3-22-19(24-9-5-6-14(13-24)10-18(21)25)23-12-17(26-2)15-7-4-8-16(20)11-15;/h4,7-8,11,14,17H,3,5-6,9-10,12-13H2,1-2H3,(H2,21,25)(H,22,23);1H. The second kappa shape index (κ2) is 12.7. The summed E-state index contributed by atoms with van der Waals surface area (Å²) in [4.78, 5) is 18.4. The van der Waals surface area contributed by atoms with Crippen LogP contribution in [0.25, 0.3) is 0 Å². The predicted molar refractivity (Wildman–Crippen MR) is 127 cm³/mol. The monoisotopic (exact) mass is 524 g/mol. The largest absolute Gasteiger partial charge is 0.370 e. The summed E-state index contributed by atoms with van der Waals surface area (Å²) in [5.41, 5.74) is 6.57. The molecule has 0 aromatic heterocycles. The van der Waals surface area contributed by atoms with Crippen LogP contribution in [0.2, 0.25) is 5.02 Å². The first-order valence-corrected chi connectivity index (χ1v) is 10.8.